The number of nitrogens with one attached hydrogen (secondary N) is 1. The van der Waals surface area contributed by atoms with Crippen molar-refractivity contribution in [2.45, 2.75) is 166 Å². The quantitative estimate of drug-likeness (QED) is 0.0667. The van der Waals surface area contributed by atoms with Crippen LogP contribution in [0, 0.1) is 0 Å². The maximum atomic E-state index is 12.2. The molecule has 9 heteroatoms. The molecule has 42 heavy (non-hydrogen) atoms. The van der Waals surface area contributed by atoms with Crippen molar-refractivity contribution in [1.82, 2.24) is 5.32 Å². The van der Waals surface area contributed by atoms with E-state index in [4.69, 9.17) is 9.47 Å². The molecule has 0 aromatic rings. The highest BCUT2D eigenvalue weighted by atomic mass is 16.7. The van der Waals surface area contributed by atoms with Crippen molar-refractivity contribution in [3.63, 3.8) is 0 Å². The molecule has 0 spiro atoms. The van der Waals surface area contributed by atoms with E-state index in [1.807, 2.05) is 13.0 Å². The molecule has 1 fully saturated rings. The topological polar surface area (TPSA) is 149 Å². The zero-order chi connectivity index (χ0) is 31.0. The van der Waals surface area contributed by atoms with Crippen molar-refractivity contribution < 1.29 is 39.8 Å². The van der Waals surface area contributed by atoms with Crippen LogP contribution in [0.15, 0.2) is 24.3 Å². The first-order valence-corrected chi connectivity index (χ1v) is 16.6. The van der Waals surface area contributed by atoms with E-state index in [0.717, 1.165) is 19.3 Å². The minimum atomic E-state index is -1.56. The molecular formula is C33H61NO8. The maximum Gasteiger partial charge on any atom is 0.220 e. The molecule has 246 valence electrons. The number of ether oxygens (including phenoxy) is 2. The van der Waals surface area contributed by atoms with Crippen LogP contribution in [-0.2, 0) is 14.3 Å². The molecule has 1 aliphatic heterocycles. The van der Waals surface area contributed by atoms with Gasteiger partial charge >= 0.3 is 0 Å². The average Bonchev–Trinajstić information content (AvgIpc) is 2.98. The summed E-state index contributed by atoms with van der Waals surface area (Å²) in [5, 5.41) is 52.9. The van der Waals surface area contributed by atoms with Crippen molar-refractivity contribution in [2.24, 2.45) is 0 Å². The minimum Gasteiger partial charge on any atom is -0.394 e. The van der Waals surface area contributed by atoms with Crippen LogP contribution in [0.4, 0.5) is 0 Å². The summed E-state index contributed by atoms with van der Waals surface area (Å²) in [6.45, 7) is 3.36. The van der Waals surface area contributed by atoms with Crippen molar-refractivity contribution in [1.29, 1.82) is 0 Å². The van der Waals surface area contributed by atoms with Gasteiger partial charge in [0, 0.05) is 6.42 Å². The van der Waals surface area contributed by atoms with E-state index in [2.05, 4.69) is 24.4 Å². The summed E-state index contributed by atoms with van der Waals surface area (Å²) in [7, 11) is 0. The van der Waals surface area contributed by atoms with Gasteiger partial charge in [0.15, 0.2) is 6.29 Å². The van der Waals surface area contributed by atoms with Crippen LogP contribution in [0.25, 0.3) is 0 Å². The Balaban J connectivity index is 2.30. The van der Waals surface area contributed by atoms with Crippen LogP contribution in [0.1, 0.15) is 123 Å². The summed E-state index contributed by atoms with van der Waals surface area (Å²) < 4.78 is 10.9. The number of carbonyl (C=O) groups excluding carboxylic acids is 1. The third-order valence-electron chi connectivity index (χ3n) is 7.75. The largest absolute Gasteiger partial charge is 0.394 e. The van der Waals surface area contributed by atoms with Crippen LogP contribution in [0.3, 0.4) is 0 Å². The fourth-order valence-electron chi connectivity index (χ4n) is 5.04. The Kier molecular flexibility index (Phi) is 23.1. The molecule has 1 heterocycles. The van der Waals surface area contributed by atoms with E-state index in [1.54, 1.807) is 6.08 Å². The normalized spacial score (nSPS) is 24.4. The number of allylic oxidation sites excluding steroid dienone is 3. The summed E-state index contributed by atoms with van der Waals surface area (Å²) in [6, 6.07) is -0.811. The lowest BCUT2D eigenvalue weighted by atomic mass is 9.99. The van der Waals surface area contributed by atoms with Gasteiger partial charge in [0.2, 0.25) is 5.91 Å². The van der Waals surface area contributed by atoms with E-state index in [1.165, 1.54) is 77.0 Å². The van der Waals surface area contributed by atoms with Gasteiger partial charge in [-0.05, 0) is 32.1 Å². The third kappa shape index (κ3) is 17.1. The molecule has 0 radical (unpaired) electrons. The van der Waals surface area contributed by atoms with Gasteiger partial charge in [0.1, 0.15) is 24.4 Å². The number of unbranched alkanes of at least 4 members (excludes halogenated alkanes) is 13. The van der Waals surface area contributed by atoms with E-state index in [-0.39, 0.29) is 18.9 Å². The highest BCUT2D eigenvalue weighted by molar-refractivity contribution is 5.76. The lowest BCUT2D eigenvalue weighted by Crippen LogP contribution is -2.60. The summed E-state index contributed by atoms with van der Waals surface area (Å²) >= 11 is 0. The van der Waals surface area contributed by atoms with Crippen molar-refractivity contribution >= 4 is 5.91 Å². The fourth-order valence-corrected chi connectivity index (χ4v) is 5.04. The molecule has 6 N–H and O–H groups in total. The molecule has 0 aliphatic carbocycles. The standard InChI is InChI=1S/C33H61NO8/c1-3-5-6-7-8-9-10-11-12-13-14-15-16-17-18-19-20-21-23-27(36)26(34-29(37)22-4-2)25-41-33-32(40)31(39)30(38)28(24-35)42-33/h17-18,21,23,26-28,30-33,35-36,38-40H,3-16,19-20,22,24-25H2,1-2H3,(H,34,37)/b18-17+,23-21+. The Morgan fingerprint density at radius 2 is 1.36 bits per heavy atom. The molecule has 0 aromatic heterocycles. The number of amides is 1. The molecule has 9 nitrogen and oxygen atoms in total. The molecule has 1 rings (SSSR count). The summed E-state index contributed by atoms with van der Waals surface area (Å²) in [6.07, 6.45) is 19.6. The summed E-state index contributed by atoms with van der Waals surface area (Å²) in [5.41, 5.74) is 0. The molecule has 7 atom stereocenters. The molecule has 1 amide bonds. The fraction of sp³-hybridized carbons (Fsp3) is 0.848. The molecule has 7 unspecified atom stereocenters. The molecule has 0 aromatic carbocycles. The number of carbonyl (C=O) groups is 1. The second-order valence-electron chi connectivity index (χ2n) is 11.6. The lowest BCUT2D eigenvalue weighted by molar-refractivity contribution is -0.302. The predicted molar refractivity (Wildman–Crippen MR) is 166 cm³/mol. The number of hydrogen-bond acceptors (Lipinski definition) is 8. The lowest BCUT2D eigenvalue weighted by Gasteiger charge is -2.40. The Hall–Kier alpha value is -1.33. The first kappa shape index (κ1) is 38.7. The van der Waals surface area contributed by atoms with E-state index in [9.17, 15) is 30.3 Å². The molecule has 1 saturated heterocycles. The Morgan fingerprint density at radius 1 is 0.786 bits per heavy atom. The van der Waals surface area contributed by atoms with E-state index in [0.29, 0.717) is 6.42 Å². The van der Waals surface area contributed by atoms with E-state index >= 15 is 0 Å². The van der Waals surface area contributed by atoms with Crippen molar-refractivity contribution in [2.75, 3.05) is 13.2 Å². The van der Waals surface area contributed by atoms with Crippen LogP contribution in [0.5, 0.6) is 0 Å². The van der Waals surface area contributed by atoms with E-state index < -0.39 is 49.5 Å². The zero-order valence-corrected chi connectivity index (χ0v) is 26.2. The monoisotopic (exact) mass is 599 g/mol. The number of aliphatic hydroxyl groups excluding tert-OH is 5. The van der Waals surface area contributed by atoms with Gasteiger partial charge in [-0.15, -0.1) is 0 Å². The van der Waals surface area contributed by atoms with Crippen molar-refractivity contribution in [3.05, 3.63) is 24.3 Å². The Morgan fingerprint density at radius 3 is 1.95 bits per heavy atom. The summed E-state index contributed by atoms with van der Waals surface area (Å²) in [5.74, 6) is -0.243. The highest BCUT2D eigenvalue weighted by Gasteiger charge is 2.44. The molecule has 0 saturated carbocycles. The van der Waals surface area contributed by atoms with Crippen LogP contribution >= 0.6 is 0 Å². The Bertz CT molecular complexity index is 716. The van der Waals surface area contributed by atoms with Gasteiger partial charge in [-0.1, -0.05) is 109 Å². The molecular weight excluding hydrogens is 538 g/mol. The first-order chi connectivity index (χ1) is 20.3. The minimum absolute atomic E-state index is 0.206. The Labute approximate surface area is 254 Å². The number of rotatable bonds is 25. The third-order valence-corrected chi connectivity index (χ3v) is 7.75. The van der Waals surface area contributed by atoms with Gasteiger partial charge < -0.3 is 40.3 Å². The maximum absolute atomic E-state index is 12.2. The van der Waals surface area contributed by atoms with Crippen LogP contribution in [-0.4, -0.2) is 87.5 Å². The number of aliphatic hydroxyl groups is 5. The second-order valence-corrected chi connectivity index (χ2v) is 11.6. The smallest absolute Gasteiger partial charge is 0.220 e. The van der Waals surface area contributed by atoms with Gasteiger partial charge in [0.05, 0.1) is 25.4 Å². The highest BCUT2D eigenvalue weighted by Crippen LogP contribution is 2.22. The van der Waals surface area contributed by atoms with Gasteiger partial charge in [-0.25, -0.2) is 0 Å². The van der Waals surface area contributed by atoms with Crippen molar-refractivity contribution in [3.8, 4) is 0 Å². The van der Waals surface area contributed by atoms with Gasteiger partial charge in [0.25, 0.3) is 0 Å². The molecule has 0 bridgehead atoms. The summed E-state index contributed by atoms with van der Waals surface area (Å²) in [4.78, 5) is 12.2. The van der Waals surface area contributed by atoms with Crippen LogP contribution < -0.4 is 5.32 Å². The van der Waals surface area contributed by atoms with Gasteiger partial charge in [-0.2, -0.15) is 0 Å². The predicted octanol–water partition coefficient (Wildman–Crippen LogP) is 4.43. The average molecular weight is 600 g/mol. The van der Waals surface area contributed by atoms with Crippen LogP contribution in [0.2, 0.25) is 0 Å². The number of hydrogen-bond donors (Lipinski definition) is 6. The second kappa shape index (κ2) is 25.0. The first-order valence-electron chi connectivity index (χ1n) is 16.6. The van der Waals surface area contributed by atoms with Gasteiger partial charge in [-0.3, -0.25) is 4.79 Å². The zero-order valence-electron chi connectivity index (χ0n) is 26.2. The molecule has 1 aliphatic rings. The SMILES string of the molecule is CCCCCCCCCCCCCC/C=C/CC/C=C/C(O)C(COC1OC(CO)C(O)C(O)C1O)NC(=O)CCC.